The van der Waals surface area contributed by atoms with Crippen molar-refractivity contribution in [3.8, 4) is 0 Å². The van der Waals surface area contributed by atoms with Crippen LogP contribution < -0.4 is 5.32 Å². The lowest BCUT2D eigenvalue weighted by atomic mass is 9.74. The summed E-state index contributed by atoms with van der Waals surface area (Å²) in [5.74, 6) is 0.00200. The molecule has 4 rings (SSSR count). The Kier molecular flexibility index (Phi) is 4.02. The van der Waals surface area contributed by atoms with Crippen LogP contribution in [-0.4, -0.2) is 35.4 Å². The zero-order valence-electron chi connectivity index (χ0n) is 13.5. The van der Waals surface area contributed by atoms with Gasteiger partial charge in [-0.3, -0.25) is 4.79 Å². The number of carbonyl (C=O) groups is 1. The first-order valence-electron chi connectivity index (χ1n) is 8.42. The first-order chi connectivity index (χ1) is 11.7. The molecule has 3 aliphatic rings. The van der Waals surface area contributed by atoms with Gasteiger partial charge < -0.3 is 10.2 Å². The molecule has 24 heavy (non-hydrogen) atoms. The van der Waals surface area contributed by atoms with Crippen molar-refractivity contribution in [2.45, 2.75) is 19.3 Å². The lowest BCUT2D eigenvalue weighted by Gasteiger charge is -2.34. The molecule has 0 aromatic carbocycles. The summed E-state index contributed by atoms with van der Waals surface area (Å²) in [5.41, 5.74) is 3.05. The number of aromatic nitrogens is 1. The smallest absolute Gasteiger partial charge is 0.258 e. The average molecular weight is 342 g/mol. The van der Waals surface area contributed by atoms with E-state index in [4.69, 9.17) is 11.6 Å². The zero-order chi connectivity index (χ0) is 16.6. The molecule has 2 fully saturated rings. The van der Waals surface area contributed by atoms with Crippen molar-refractivity contribution in [3.05, 3.63) is 64.6 Å². The summed E-state index contributed by atoms with van der Waals surface area (Å²) in [6.45, 7) is 2.75. The second-order valence-corrected chi connectivity index (χ2v) is 7.01. The number of nitrogens with zero attached hydrogens (tertiary/aromatic N) is 2. The van der Waals surface area contributed by atoms with Crippen LogP contribution in [0, 0.1) is 5.41 Å². The highest BCUT2D eigenvalue weighted by molar-refractivity contribution is 6.29. The van der Waals surface area contributed by atoms with Crippen molar-refractivity contribution in [3.63, 3.8) is 0 Å². The summed E-state index contributed by atoms with van der Waals surface area (Å²) in [7, 11) is 0. The molecule has 2 saturated heterocycles. The summed E-state index contributed by atoms with van der Waals surface area (Å²) in [6.07, 6.45) is 13.2. The number of halogens is 1. The van der Waals surface area contributed by atoms with E-state index in [1.54, 1.807) is 18.3 Å². The molecule has 0 atom stereocenters. The molecule has 5 heteroatoms. The number of allylic oxidation sites excluding steroid dienone is 5. The fourth-order valence-electron chi connectivity index (χ4n) is 4.02. The van der Waals surface area contributed by atoms with E-state index in [0.717, 1.165) is 44.6 Å². The van der Waals surface area contributed by atoms with Gasteiger partial charge in [-0.1, -0.05) is 29.8 Å². The first kappa shape index (κ1) is 15.6. The fourth-order valence-corrected chi connectivity index (χ4v) is 4.19. The Morgan fingerprint density at radius 3 is 2.96 bits per heavy atom. The van der Waals surface area contributed by atoms with E-state index in [-0.39, 0.29) is 11.3 Å². The van der Waals surface area contributed by atoms with Crippen molar-refractivity contribution in [1.82, 2.24) is 15.2 Å². The Labute approximate surface area is 146 Å². The maximum atomic E-state index is 13.1. The van der Waals surface area contributed by atoms with Gasteiger partial charge in [-0.05, 0) is 56.1 Å². The molecule has 1 aromatic heterocycles. The fraction of sp³-hybridized carbons (Fsp3) is 0.368. The van der Waals surface area contributed by atoms with Crippen LogP contribution in [0.1, 0.15) is 29.6 Å². The Morgan fingerprint density at radius 1 is 1.33 bits per heavy atom. The normalized spacial score (nSPS) is 22.0. The number of amides is 1. The molecule has 0 saturated carbocycles. The molecule has 1 aromatic rings. The minimum atomic E-state index is 0.00200. The van der Waals surface area contributed by atoms with Gasteiger partial charge in [-0.2, -0.15) is 0 Å². The minimum absolute atomic E-state index is 0.00200. The minimum Gasteiger partial charge on any atom is -0.317 e. The van der Waals surface area contributed by atoms with Gasteiger partial charge in [-0.25, -0.2) is 4.98 Å². The molecule has 2 aliphatic heterocycles. The summed E-state index contributed by atoms with van der Waals surface area (Å²) >= 11 is 5.97. The standard InChI is InChI=1S/C19H20ClN3O/c20-17-12-14(6-9-22-17)18(24)23-13-19(7-10-21-11-8-19)15-4-2-1-3-5-16(15)23/h1,3-6,9,12,21H,2,7-8,10-11,13H2. The molecule has 1 aliphatic carbocycles. The molecule has 0 unspecified atom stereocenters. The predicted molar refractivity (Wildman–Crippen MR) is 94.7 cm³/mol. The maximum Gasteiger partial charge on any atom is 0.258 e. The van der Waals surface area contributed by atoms with Gasteiger partial charge in [0.15, 0.2) is 0 Å². The van der Waals surface area contributed by atoms with E-state index < -0.39 is 0 Å². The van der Waals surface area contributed by atoms with Gasteiger partial charge in [0, 0.05) is 29.4 Å². The van der Waals surface area contributed by atoms with Crippen molar-refractivity contribution < 1.29 is 4.79 Å². The third-order valence-electron chi connectivity index (χ3n) is 5.23. The number of likely N-dealkylation sites (tertiary alicyclic amines) is 1. The quantitative estimate of drug-likeness (QED) is 0.797. The molecule has 4 nitrogen and oxygen atoms in total. The van der Waals surface area contributed by atoms with Crippen molar-refractivity contribution in [2.75, 3.05) is 19.6 Å². The van der Waals surface area contributed by atoms with E-state index in [0.29, 0.717) is 10.7 Å². The lowest BCUT2D eigenvalue weighted by Crippen LogP contribution is -2.40. The Morgan fingerprint density at radius 2 is 2.17 bits per heavy atom. The monoisotopic (exact) mass is 341 g/mol. The second kappa shape index (κ2) is 6.19. The van der Waals surface area contributed by atoms with Gasteiger partial charge in [0.1, 0.15) is 5.15 Å². The predicted octanol–water partition coefficient (Wildman–Crippen LogP) is 3.33. The van der Waals surface area contributed by atoms with Crippen molar-refractivity contribution in [2.24, 2.45) is 5.41 Å². The summed E-state index contributed by atoms with van der Waals surface area (Å²) in [5, 5.41) is 3.79. The van der Waals surface area contributed by atoms with Crippen molar-refractivity contribution >= 4 is 17.5 Å². The average Bonchev–Trinajstić information content (AvgIpc) is 2.77. The van der Waals surface area contributed by atoms with Crippen LogP contribution in [0.4, 0.5) is 0 Å². The van der Waals surface area contributed by atoms with Crippen LogP contribution in [-0.2, 0) is 0 Å². The molecule has 1 N–H and O–H groups in total. The summed E-state index contributed by atoms with van der Waals surface area (Å²) in [4.78, 5) is 19.0. The van der Waals surface area contributed by atoms with E-state index in [1.807, 2.05) is 4.90 Å². The molecule has 0 bridgehead atoms. The molecule has 1 spiro atoms. The highest BCUT2D eigenvalue weighted by Gasteiger charge is 2.47. The number of piperidine rings is 1. The Hall–Kier alpha value is -1.91. The highest BCUT2D eigenvalue weighted by atomic mass is 35.5. The number of pyridine rings is 1. The van der Waals surface area contributed by atoms with E-state index in [2.05, 4.69) is 34.6 Å². The summed E-state index contributed by atoms with van der Waals surface area (Å²) < 4.78 is 0. The molecule has 124 valence electrons. The third-order valence-corrected chi connectivity index (χ3v) is 5.43. The number of carbonyl (C=O) groups excluding carboxylic acids is 1. The van der Waals surface area contributed by atoms with Crippen LogP contribution in [0.5, 0.6) is 0 Å². The van der Waals surface area contributed by atoms with E-state index >= 15 is 0 Å². The van der Waals surface area contributed by atoms with E-state index in [1.165, 1.54) is 5.57 Å². The van der Waals surface area contributed by atoms with Crippen LogP contribution >= 0.6 is 11.6 Å². The molecular weight excluding hydrogens is 322 g/mol. The highest BCUT2D eigenvalue weighted by Crippen LogP contribution is 2.49. The summed E-state index contributed by atoms with van der Waals surface area (Å²) in [6, 6.07) is 3.38. The number of fused-ring (bicyclic) bond motifs is 2. The van der Waals surface area contributed by atoms with Crippen LogP contribution in [0.15, 0.2) is 53.9 Å². The third kappa shape index (κ3) is 2.60. The molecule has 1 amide bonds. The molecular formula is C19H20ClN3O. The van der Waals surface area contributed by atoms with Gasteiger partial charge in [0.25, 0.3) is 5.91 Å². The first-order valence-corrected chi connectivity index (χ1v) is 8.79. The van der Waals surface area contributed by atoms with Crippen LogP contribution in [0.2, 0.25) is 5.15 Å². The van der Waals surface area contributed by atoms with Gasteiger partial charge >= 0.3 is 0 Å². The van der Waals surface area contributed by atoms with Crippen LogP contribution in [0.3, 0.4) is 0 Å². The SMILES string of the molecule is O=C(c1ccnc(Cl)c1)N1CC2(CCNCC2)C2=CCC=CC=C21. The van der Waals surface area contributed by atoms with E-state index in [9.17, 15) is 4.79 Å². The number of hydrogen-bond acceptors (Lipinski definition) is 3. The number of rotatable bonds is 1. The van der Waals surface area contributed by atoms with Gasteiger partial charge in [-0.15, -0.1) is 0 Å². The van der Waals surface area contributed by atoms with Gasteiger partial charge in [0.05, 0.1) is 0 Å². The number of nitrogens with one attached hydrogen (secondary N) is 1. The van der Waals surface area contributed by atoms with Gasteiger partial charge in [0.2, 0.25) is 0 Å². The maximum absolute atomic E-state index is 13.1. The second-order valence-electron chi connectivity index (χ2n) is 6.62. The Balaban J connectivity index is 1.74. The van der Waals surface area contributed by atoms with Crippen molar-refractivity contribution in [1.29, 1.82) is 0 Å². The molecule has 3 heterocycles. The largest absolute Gasteiger partial charge is 0.317 e. The lowest BCUT2D eigenvalue weighted by molar-refractivity contribution is 0.0791. The zero-order valence-corrected chi connectivity index (χ0v) is 14.2. The topological polar surface area (TPSA) is 45.2 Å². The van der Waals surface area contributed by atoms with Crippen LogP contribution in [0.25, 0.3) is 0 Å². The Bertz CT molecular complexity index is 760. The number of hydrogen-bond donors (Lipinski definition) is 1. The molecule has 0 radical (unpaired) electrons.